The molecule has 0 aliphatic carbocycles. The lowest BCUT2D eigenvalue weighted by Crippen LogP contribution is -2.45. The molecule has 0 bridgehead atoms. The van der Waals surface area contributed by atoms with Crippen molar-refractivity contribution in [3.05, 3.63) is 78.1 Å². The van der Waals surface area contributed by atoms with E-state index < -0.39 is 18.3 Å². The van der Waals surface area contributed by atoms with Crippen LogP contribution in [-0.2, 0) is 16.0 Å². The molecule has 3 unspecified atom stereocenters. The van der Waals surface area contributed by atoms with Gasteiger partial charge in [-0.1, -0.05) is 42.5 Å². The molecule has 178 valence electrons. The van der Waals surface area contributed by atoms with Gasteiger partial charge in [-0.15, -0.1) is 0 Å². The zero-order chi connectivity index (χ0) is 23.9. The van der Waals surface area contributed by atoms with Gasteiger partial charge in [0.25, 0.3) is 0 Å². The van der Waals surface area contributed by atoms with Crippen molar-refractivity contribution in [2.75, 3.05) is 24.7 Å². The molecule has 2 aromatic carbocycles. The second-order valence-corrected chi connectivity index (χ2v) is 8.75. The molecule has 0 saturated carbocycles. The zero-order valence-corrected chi connectivity index (χ0v) is 18.7. The van der Waals surface area contributed by atoms with Crippen LogP contribution < -0.4 is 9.64 Å². The van der Waals surface area contributed by atoms with Gasteiger partial charge >= 0.3 is 12.2 Å². The SMILES string of the molecule is O=C1OC(c2ccc(-c3ccc4c(c3)OCC3C(CO)OC(=O)N43)cn2)CN1Cc1ccccc1. The average molecular weight is 473 g/mol. The number of ether oxygens (including phenoxy) is 3. The summed E-state index contributed by atoms with van der Waals surface area (Å²) in [6, 6.07) is 18.8. The minimum Gasteiger partial charge on any atom is -0.489 e. The molecule has 9 heteroatoms. The third kappa shape index (κ3) is 3.83. The van der Waals surface area contributed by atoms with Crippen LogP contribution in [0.2, 0.25) is 0 Å². The van der Waals surface area contributed by atoms with E-state index in [-0.39, 0.29) is 25.3 Å². The predicted molar refractivity (Wildman–Crippen MR) is 125 cm³/mol. The fraction of sp³-hybridized carbons (Fsp3) is 0.269. The van der Waals surface area contributed by atoms with Crippen molar-refractivity contribution in [3.63, 3.8) is 0 Å². The smallest absolute Gasteiger partial charge is 0.415 e. The first-order chi connectivity index (χ1) is 17.1. The highest BCUT2D eigenvalue weighted by molar-refractivity contribution is 5.94. The molecule has 6 rings (SSSR count). The molecular weight excluding hydrogens is 450 g/mol. The zero-order valence-electron chi connectivity index (χ0n) is 18.7. The minimum atomic E-state index is -0.597. The van der Waals surface area contributed by atoms with Gasteiger partial charge in [0.15, 0.2) is 12.2 Å². The Kier molecular flexibility index (Phi) is 5.26. The molecule has 3 aromatic rings. The Morgan fingerprint density at radius 2 is 1.80 bits per heavy atom. The van der Waals surface area contributed by atoms with Crippen LogP contribution in [0.3, 0.4) is 0 Å². The van der Waals surface area contributed by atoms with Crippen LogP contribution in [0.5, 0.6) is 5.75 Å². The van der Waals surface area contributed by atoms with Crippen molar-refractivity contribution in [1.29, 1.82) is 0 Å². The Hall–Kier alpha value is -4.11. The number of amides is 2. The van der Waals surface area contributed by atoms with E-state index in [1.165, 1.54) is 0 Å². The number of benzene rings is 2. The first-order valence-corrected chi connectivity index (χ1v) is 11.4. The number of hydrogen-bond donors (Lipinski definition) is 1. The molecule has 4 heterocycles. The van der Waals surface area contributed by atoms with Crippen LogP contribution in [0.1, 0.15) is 17.4 Å². The standard InChI is InChI=1S/C26H23N3O6/c30-14-24-21-15-33-22-10-17(7-9-20(22)29(21)26(32)35-24)18-6-8-19(27-11-18)23-13-28(25(31)34-23)12-16-4-2-1-3-5-16/h1-11,21,23-24,30H,12-15H2. The molecule has 3 aliphatic rings. The first-order valence-electron chi connectivity index (χ1n) is 11.4. The third-order valence-electron chi connectivity index (χ3n) is 6.57. The number of aromatic nitrogens is 1. The Balaban J connectivity index is 1.17. The lowest BCUT2D eigenvalue weighted by atomic mass is 10.0. The van der Waals surface area contributed by atoms with Crippen molar-refractivity contribution in [2.45, 2.75) is 24.8 Å². The molecule has 0 radical (unpaired) electrons. The molecule has 3 atom stereocenters. The summed E-state index contributed by atoms with van der Waals surface area (Å²) < 4.78 is 16.7. The quantitative estimate of drug-likeness (QED) is 0.605. The highest BCUT2D eigenvalue weighted by Gasteiger charge is 2.46. The number of carbonyl (C=O) groups excluding carboxylic acids is 2. The van der Waals surface area contributed by atoms with Crippen molar-refractivity contribution in [2.24, 2.45) is 0 Å². The number of rotatable bonds is 5. The maximum absolute atomic E-state index is 12.3. The van der Waals surface area contributed by atoms with E-state index in [1.54, 1.807) is 16.0 Å². The van der Waals surface area contributed by atoms with Crippen LogP contribution in [0, 0.1) is 0 Å². The topological polar surface area (TPSA) is 101 Å². The van der Waals surface area contributed by atoms with E-state index in [9.17, 15) is 14.7 Å². The van der Waals surface area contributed by atoms with Crippen LogP contribution in [0.15, 0.2) is 66.9 Å². The molecular formula is C26H23N3O6. The van der Waals surface area contributed by atoms with Gasteiger partial charge in [0.05, 0.1) is 24.5 Å². The summed E-state index contributed by atoms with van der Waals surface area (Å²) in [4.78, 5) is 32.4. The normalized spacial score (nSPS) is 22.8. The maximum Gasteiger partial charge on any atom is 0.415 e. The third-order valence-corrected chi connectivity index (χ3v) is 6.57. The van der Waals surface area contributed by atoms with Crippen LogP contribution >= 0.6 is 0 Å². The van der Waals surface area contributed by atoms with Gasteiger partial charge in [0.2, 0.25) is 0 Å². The Labute approximate surface area is 201 Å². The van der Waals surface area contributed by atoms with Gasteiger partial charge in [0.1, 0.15) is 18.4 Å². The second kappa shape index (κ2) is 8.59. The molecule has 9 nitrogen and oxygen atoms in total. The van der Waals surface area contributed by atoms with Gasteiger partial charge in [-0.25, -0.2) is 9.59 Å². The number of anilines is 1. The van der Waals surface area contributed by atoms with Crippen molar-refractivity contribution >= 4 is 17.9 Å². The van der Waals surface area contributed by atoms with Crippen LogP contribution in [0.25, 0.3) is 11.1 Å². The number of fused-ring (bicyclic) bond motifs is 3. The molecule has 3 aliphatic heterocycles. The molecule has 35 heavy (non-hydrogen) atoms. The lowest BCUT2D eigenvalue weighted by molar-refractivity contribution is 0.0734. The summed E-state index contributed by atoms with van der Waals surface area (Å²) in [5, 5.41) is 9.46. The number of aliphatic hydroxyl groups is 1. The fourth-order valence-electron chi connectivity index (χ4n) is 4.73. The summed E-state index contributed by atoms with van der Waals surface area (Å²) in [6.45, 7) is 0.932. The van der Waals surface area contributed by atoms with E-state index in [1.807, 2.05) is 60.7 Å². The van der Waals surface area contributed by atoms with Gasteiger partial charge in [-0.3, -0.25) is 14.8 Å². The Morgan fingerprint density at radius 1 is 0.971 bits per heavy atom. The summed E-state index contributed by atoms with van der Waals surface area (Å²) in [6.07, 6.45) is -0.115. The summed E-state index contributed by atoms with van der Waals surface area (Å²) in [5.41, 5.74) is 4.09. The summed E-state index contributed by atoms with van der Waals surface area (Å²) >= 11 is 0. The van der Waals surface area contributed by atoms with Gasteiger partial charge in [-0.05, 0) is 29.3 Å². The highest BCUT2D eigenvalue weighted by atomic mass is 16.6. The number of carbonyl (C=O) groups is 2. The number of pyridine rings is 1. The maximum atomic E-state index is 12.3. The van der Waals surface area contributed by atoms with E-state index in [0.717, 1.165) is 16.7 Å². The molecule has 1 aromatic heterocycles. The number of hydrogen-bond acceptors (Lipinski definition) is 7. The van der Waals surface area contributed by atoms with E-state index >= 15 is 0 Å². The van der Waals surface area contributed by atoms with Crippen molar-refractivity contribution < 1.29 is 28.9 Å². The van der Waals surface area contributed by atoms with Crippen LogP contribution in [-0.4, -0.2) is 59.1 Å². The lowest BCUT2D eigenvalue weighted by Gasteiger charge is -2.31. The largest absolute Gasteiger partial charge is 0.489 e. The van der Waals surface area contributed by atoms with E-state index in [4.69, 9.17) is 14.2 Å². The molecule has 0 spiro atoms. The second-order valence-electron chi connectivity index (χ2n) is 8.75. The van der Waals surface area contributed by atoms with Gasteiger partial charge < -0.3 is 19.3 Å². The monoisotopic (exact) mass is 473 g/mol. The predicted octanol–water partition coefficient (Wildman–Crippen LogP) is 3.52. The summed E-state index contributed by atoms with van der Waals surface area (Å²) in [7, 11) is 0. The minimum absolute atomic E-state index is 0.247. The number of nitrogens with zero attached hydrogens (tertiary/aromatic N) is 3. The average Bonchev–Trinajstić information content (AvgIpc) is 3.43. The fourth-order valence-corrected chi connectivity index (χ4v) is 4.73. The highest BCUT2D eigenvalue weighted by Crippen LogP contribution is 2.41. The molecule has 2 saturated heterocycles. The number of aliphatic hydroxyl groups excluding tert-OH is 1. The van der Waals surface area contributed by atoms with Crippen molar-refractivity contribution in [3.8, 4) is 16.9 Å². The van der Waals surface area contributed by atoms with Gasteiger partial charge in [0, 0.05) is 18.3 Å². The molecule has 2 fully saturated rings. The van der Waals surface area contributed by atoms with E-state index in [2.05, 4.69) is 4.98 Å². The van der Waals surface area contributed by atoms with Gasteiger partial charge in [-0.2, -0.15) is 0 Å². The van der Waals surface area contributed by atoms with Crippen molar-refractivity contribution in [1.82, 2.24) is 9.88 Å². The molecule has 2 amide bonds. The first kappa shape index (κ1) is 21.4. The van der Waals surface area contributed by atoms with Crippen LogP contribution in [0.4, 0.5) is 15.3 Å². The Morgan fingerprint density at radius 3 is 2.57 bits per heavy atom. The Bertz CT molecular complexity index is 1270. The molecule has 1 N–H and O–H groups in total. The number of cyclic esters (lactones) is 2. The van der Waals surface area contributed by atoms with E-state index in [0.29, 0.717) is 30.2 Å². The summed E-state index contributed by atoms with van der Waals surface area (Å²) in [5.74, 6) is 0.569.